The fourth-order valence-corrected chi connectivity index (χ4v) is 10.8. The van der Waals surface area contributed by atoms with Gasteiger partial charge in [-0.3, -0.25) is 0 Å². The molecule has 0 N–H and O–H groups in total. The van der Waals surface area contributed by atoms with Crippen LogP contribution in [0.25, 0.3) is 64.6 Å². The van der Waals surface area contributed by atoms with E-state index in [0.717, 1.165) is 132 Å². The zero-order valence-electron chi connectivity index (χ0n) is 49.2. The first-order chi connectivity index (χ1) is 43.3. The Morgan fingerprint density at radius 3 is 0.978 bits per heavy atom. The highest BCUT2D eigenvalue weighted by Crippen LogP contribution is 2.25. The Morgan fingerprint density at radius 1 is 0.300 bits per heavy atom. The fourth-order valence-electron chi connectivity index (χ4n) is 9.88. The summed E-state index contributed by atoms with van der Waals surface area (Å²) in [5, 5.41) is 11.9. The van der Waals surface area contributed by atoms with Gasteiger partial charge in [-0.05, 0) is 258 Å². The molecule has 12 rings (SSSR count). The molecule has 0 bridgehead atoms. The smallest absolute Gasteiger partial charge is 0.123 e. The monoisotopic (exact) mass is 1370 g/mol. The molecule has 90 heavy (non-hydrogen) atoms. The highest BCUT2D eigenvalue weighted by Gasteiger charge is 2.04. The maximum Gasteiger partial charge on any atom is 0.123 e. The predicted octanol–water partition coefficient (Wildman–Crippen LogP) is 24.2. The second kappa shape index (κ2) is 36.0. The third kappa shape index (κ3) is 22.4. The molecule has 8 heteroatoms. The van der Waals surface area contributed by atoms with E-state index in [2.05, 4.69) is 98.3 Å². The summed E-state index contributed by atoms with van der Waals surface area (Å²) < 4.78 is 80.6. The van der Waals surface area contributed by atoms with Gasteiger partial charge < -0.3 is 0 Å². The first-order valence-electron chi connectivity index (χ1n) is 29.6. The van der Waals surface area contributed by atoms with E-state index in [0.29, 0.717) is 0 Å². The molecule has 0 radical (unpaired) electrons. The van der Waals surface area contributed by atoms with Crippen molar-refractivity contribution in [1.29, 1.82) is 0 Å². The Bertz CT molecular complexity index is 4220. The molecule has 452 valence electrons. The summed E-state index contributed by atoms with van der Waals surface area (Å²) in [6.45, 7) is 0. The average molecular weight is 1370 g/mol. The lowest BCUT2D eigenvalue weighted by Crippen LogP contribution is -1.89. The topological polar surface area (TPSA) is 0 Å². The molecule has 0 aromatic heterocycles. The van der Waals surface area contributed by atoms with Gasteiger partial charge in [-0.15, -0.1) is 24.7 Å². The first kappa shape index (κ1) is 68.7. The summed E-state index contributed by atoms with van der Waals surface area (Å²) in [7, 11) is 0. The van der Waals surface area contributed by atoms with Crippen LogP contribution in [-0.4, -0.2) is 0 Å². The molecule has 0 saturated heterocycles. The minimum absolute atomic E-state index is 0. The molecule has 0 spiro atoms. The number of benzene rings is 12. The minimum atomic E-state index is -0.227. The van der Waals surface area contributed by atoms with E-state index in [-0.39, 0.29) is 42.3 Å². The number of hydrogen-bond acceptors (Lipinski definition) is 0. The molecule has 0 fully saturated rings. The summed E-state index contributed by atoms with van der Waals surface area (Å²) in [6.07, 6.45) is 23.2. The fraction of sp³-hybridized carbons (Fsp3) is 0.171. The van der Waals surface area contributed by atoms with Crippen molar-refractivity contribution in [2.75, 3.05) is 0 Å². The van der Waals surface area contributed by atoms with Crippen LogP contribution >= 0.6 is 38.5 Å². The van der Waals surface area contributed by atoms with Crippen molar-refractivity contribution < 1.29 is 26.3 Å². The van der Waals surface area contributed by atoms with E-state index in [9.17, 15) is 26.3 Å². The van der Waals surface area contributed by atoms with Gasteiger partial charge in [0.1, 0.15) is 34.9 Å². The van der Waals surface area contributed by atoms with Gasteiger partial charge in [0.05, 0.1) is 0 Å². The van der Waals surface area contributed by atoms with Gasteiger partial charge >= 0.3 is 0 Å². The predicted molar refractivity (Wildman–Crippen MR) is 380 cm³/mol. The van der Waals surface area contributed by atoms with Crippen molar-refractivity contribution in [3.05, 3.63) is 284 Å². The lowest BCUT2D eigenvalue weighted by molar-refractivity contribution is 0.614. The number of hydrogen-bond donors (Lipinski definition) is 0. The van der Waals surface area contributed by atoms with Crippen molar-refractivity contribution in [2.45, 2.75) is 90.9 Å². The van der Waals surface area contributed by atoms with E-state index in [1.54, 1.807) is 42.5 Å². The number of rotatable bonds is 12. The molecule has 0 saturated carbocycles. The Balaban J connectivity index is 0.000000175. The molecule has 12 aromatic carbocycles. The van der Waals surface area contributed by atoms with Crippen LogP contribution in [0.15, 0.2) is 223 Å². The molecule has 12 aromatic rings. The lowest BCUT2D eigenvalue weighted by Gasteiger charge is -2.06. The van der Waals surface area contributed by atoms with Crippen molar-refractivity contribution in [3.63, 3.8) is 0 Å². The number of halogens is 8. The molecule has 0 heterocycles. The second-order valence-electron chi connectivity index (χ2n) is 21.3. The van der Waals surface area contributed by atoms with E-state index >= 15 is 0 Å². The van der Waals surface area contributed by atoms with Crippen LogP contribution in [0.1, 0.15) is 100 Å². The van der Waals surface area contributed by atoms with Gasteiger partial charge in [0, 0.05) is 44.9 Å². The van der Waals surface area contributed by atoms with E-state index in [4.69, 9.17) is 12.8 Å². The standard InChI is InChI=1S/C27H26F2.C27H18F2.C10H6BrF.C10H6FI.C7H8.CH4/c2*28-26-14-12-22-16-20(8-10-24(22)18-26)6-4-2-1-3-5-7-21-9-11-25-19-27(29)15-13-23(25)17-21;2*11-9-3-1-8-6-10(12)4-2-7(8)5-9;1-3-5-7-6-4-2;/h8-19H,1-7H2;8-19H,1-3H2;2*1-6H;1-2H,5-7H2;1H4. The Hall–Kier alpha value is -8.77. The molecule has 0 nitrogen and oxygen atoms in total. The van der Waals surface area contributed by atoms with Gasteiger partial charge in [-0.1, -0.05) is 163 Å². The Kier molecular flexibility index (Phi) is 27.5. The zero-order valence-corrected chi connectivity index (χ0v) is 52.9. The quantitative estimate of drug-likeness (QED) is 0.0495. The summed E-state index contributed by atoms with van der Waals surface area (Å²) in [6, 6.07) is 65.0. The van der Waals surface area contributed by atoms with Crippen molar-refractivity contribution in [3.8, 4) is 48.4 Å². The molecule has 0 atom stereocenters. The Morgan fingerprint density at radius 2 is 0.589 bits per heavy atom. The summed E-state index contributed by atoms with van der Waals surface area (Å²) in [5.41, 5.74) is 4.53. The molecule has 0 aliphatic carbocycles. The van der Waals surface area contributed by atoms with Gasteiger partial charge in [0.15, 0.2) is 0 Å². The maximum absolute atomic E-state index is 13.3. The number of unbranched alkanes of at least 4 members (excludes halogenated alkanes) is 8. The summed E-state index contributed by atoms with van der Waals surface area (Å²) in [4.78, 5) is 0. The van der Waals surface area contributed by atoms with Crippen LogP contribution in [0.2, 0.25) is 0 Å². The van der Waals surface area contributed by atoms with Gasteiger partial charge in [-0.2, -0.15) is 0 Å². The Labute approximate surface area is 548 Å². The summed E-state index contributed by atoms with van der Waals surface area (Å²) in [5.74, 6) is 16.5. The normalized spacial score (nSPS) is 10.3. The molecular weight excluding hydrogens is 1310 g/mol. The van der Waals surface area contributed by atoms with Gasteiger partial charge in [0.25, 0.3) is 0 Å². The number of aryl methyl sites for hydroxylation is 2. The van der Waals surface area contributed by atoms with E-state index in [1.165, 1.54) is 101 Å². The molecular formula is C82H68BrF6I. The third-order valence-corrected chi connectivity index (χ3v) is 15.7. The minimum Gasteiger partial charge on any atom is -0.207 e. The average Bonchev–Trinajstić information content (AvgIpc) is 2.05. The molecule has 0 aliphatic rings. The van der Waals surface area contributed by atoms with Crippen molar-refractivity contribution in [1.82, 2.24) is 0 Å². The summed E-state index contributed by atoms with van der Waals surface area (Å²) >= 11 is 5.60. The highest BCUT2D eigenvalue weighted by molar-refractivity contribution is 14.1. The second-order valence-corrected chi connectivity index (χ2v) is 23.5. The third-order valence-electron chi connectivity index (χ3n) is 14.5. The molecule has 0 aliphatic heterocycles. The van der Waals surface area contributed by atoms with E-state index < -0.39 is 0 Å². The van der Waals surface area contributed by atoms with Crippen LogP contribution in [0.4, 0.5) is 26.3 Å². The van der Waals surface area contributed by atoms with Gasteiger partial charge in [0.2, 0.25) is 0 Å². The number of fused-ring (bicyclic) bond motifs is 6. The van der Waals surface area contributed by atoms with E-state index in [1.807, 2.05) is 97.1 Å². The van der Waals surface area contributed by atoms with Crippen LogP contribution in [0.3, 0.4) is 0 Å². The maximum atomic E-state index is 13.3. The largest absolute Gasteiger partial charge is 0.207 e. The molecule has 0 unspecified atom stereocenters. The highest BCUT2D eigenvalue weighted by atomic mass is 127. The zero-order chi connectivity index (χ0) is 62.7. The first-order valence-corrected chi connectivity index (χ1v) is 31.4. The lowest BCUT2D eigenvalue weighted by atomic mass is 10.00. The SMILES string of the molecule is C.C#CCCCC#C.Fc1ccc2cc(Br)ccc2c1.Fc1ccc2cc(C#CCCCC#Cc3ccc4cc(F)ccc4c3)ccc2c1.Fc1ccc2cc(CCCCCCCc3ccc4cc(F)ccc4c3)ccc2c1.Fc1ccc2cc(I)ccc2c1. The number of terminal acetylenes is 2. The van der Waals surface area contributed by atoms with Crippen LogP contribution in [0.5, 0.6) is 0 Å². The van der Waals surface area contributed by atoms with Crippen LogP contribution in [0, 0.1) is 86.8 Å². The van der Waals surface area contributed by atoms with Gasteiger partial charge in [-0.25, -0.2) is 26.3 Å². The van der Waals surface area contributed by atoms with Crippen LogP contribution in [-0.2, 0) is 12.8 Å². The van der Waals surface area contributed by atoms with Crippen LogP contribution < -0.4 is 0 Å². The molecule has 0 amide bonds. The van der Waals surface area contributed by atoms with Crippen molar-refractivity contribution in [2.24, 2.45) is 0 Å². The van der Waals surface area contributed by atoms with Crippen molar-refractivity contribution >= 4 is 103 Å².